The Labute approximate surface area is 154 Å². The molecule has 2 unspecified atom stereocenters. The molecule has 0 spiro atoms. The molecule has 5 heteroatoms. The molecular formula is C21H17NO3S. The second-order valence-electron chi connectivity index (χ2n) is 6.89. The van der Waals surface area contributed by atoms with Gasteiger partial charge >= 0.3 is 0 Å². The van der Waals surface area contributed by atoms with E-state index in [1.165, 1.54) is 11.3 Å². The Morgan fingerprint density at radius 1 is 1.04 bits per heavy atom. The summed E-state index contributed by atoms with van der Waals surface area (Å²) >= 11 is 1.54. The van der Waals surface area contributed by atoms with Gasteiger partial charge in [-0.05, 0) is 47.6 Å². The van der Waals surface area contributed by atoms with Gasteiger partial charge in [-0.25, -0.2) is 0 Å². The van der Waals surface area contributed by atoms with Gasteiger partial charge in [0.2, 0.25) is 0 Å². The fraction of sp³-hybridized carbons (Fsp3) is 0.238. The summed E-state index contributed by atoms with van der Waals surface area (Å²) in [4.78, 5) is 27.8. The lowest BCUT2D eigenvalue weighted by Crippen LogP contribution is -2.27. The van der Waals surface area contributed by atoms with Gasteiger partial charge in [-0.3, -0.25) is 9.59 Å². The molecule has 1 amide bonds. The molecule has 5 rings (SSSR count). The number of hydrogen-bond acceptors (Lipinski definition) is 4. The van der Waals surface area contributed by atoms with Crippen molar-refractivity contribution in [3.8, 4) is 0 Å². The highest BCUT2D eigenvalue weighted by Gasteiger charge is 2.46. The van der Waals surface area contributed by atoms with E-state index in [1.54, 1.807) is 6.07 Å². The third kappa shape index (κ3) is 2.17. The molecule has 1 aromatic heterocycles. The van der Waals surface area contributed by atoms with Crippen molar-refractivity contribution in [2.24, 2.45) is 0 Å². The average Bonchev–Trinajstić information content (AvgIpc) is 3.37. The van der Waals surface area contributed by atoms with Gasteiger partial charge in [0.1, 0.15) is 6.61 Å². The zero-order valence-electron chi connectivity index (χ0n) is 14.0. The van der Waals surface area contributed by atoms with E-state index in [0.29, 0.717) is 5.56 Å². The summed E-state index contributed by atoms with van der Waals surface area (Å²) < 4.78 is 1.12. The van der Waals surface area contributed by atoms with Gasteiger partial charge in [0.15, 0.2) is 5.78 Å². The topological polar surface area (TPSA) is 57.6 Å². The van der Waals surface area contributed by atoms with Crippen LogP contribution in [0, 0.1) is 0 Å². The predicted octanol–water partition coefficient (Wildman–Crippen LogP) is 4.11. The molecular weight excluding hydrogens is 346 g/mol. The summed E-state index contributed by atoms with van der Waals surface area (Å²) in [6, 6.07) is 15.7. The summed E-state index contributed by atoms with van der Waals surface area (Å²) in [6.07, 6.45) is 1.88. The van der Waals surface area contributed by atoms with Crippen LogP contribution in [-0.2, 0) is 0 Å². The van der Waals surface area contributed by atoms with Crippen LogP contribution in [0.25, 0.3) is 10.1 Å². The highest BCUT2D eigenvalue weighted by Crippen LogP contribution is 2.54. The molecule has 0 saturated carbocycles. The van der Waals surface area contributed by atoms with Crippen LogP contribution in [0.2, 0.25) is 0 Å². The highest BCUT2D eigenvalue weighted by molar-refractivity contribution is 7.20. The number of nitrogens with zero attached hydrogens (tertiary/aromatic N) is 1. The zero-order valence-corrected chi connectivity index (χ0v) is 14.8. The number of carbonyl (C=O) groups is 2. The van der Waals surface area contributed by atoms with Gasteiger partial charge in [-0.15, -0.1) is 11.3 Å². The van der Waals surface area contributed by atoms with Crippen molar-refractivity contribution in [2.75, 3.05) is 6.61 Å². The number of ketones is 1. The van der Waals surface area contributed by atoms with Gasteiger partial charge in [-0.1, -0.05) is 30.3 Å². The number of Topliss-reactive ketones (excluding diaryl/α,β-unsaturated/α-hetero) is 1. The molecule has 2 aliphatic rings. The second-order valence-corrected chi connectivity index (χ2v) is 7.98. The van der Waals surface area contributed by atoms with Crippen LogP contribution in [0.15, 0.2) is 48.5 Å². The Kier molecular flexibility index (Phi) is 3.48. The molecule has 4 nitrogen and oxygen atoms in total. The van der Waals surface area contributed by atoms with E-state index in [0.717, 1.165) is 38.9 Å². The number of fused-ring (bicyclic) bond motifs is 6. The first-order chi connectivity index (χ1) is 12.7. The van der Waals surface area contributed by atoms with Crippen LogP contribution in [0.3, 0.4) is 0 Å². The number of hydrogen-bond donors (Lipinski definition) is 1. The lowest BCUT2D eigenvalue weighted by atomic mass is 9.90. The first-order valence-corrected chi connectivity index (χ1v) is 9.58. The standard InChI is InChI=1S/C21H17NO3S/c23-11-18(24)12-5-6-14-15(9-12)17-8-7-16(14)22(17)21(25)20-10-13-3-1-2-4-19(13)26-20/h1-6,9-10,16-17,23H,7-8,11H2. The Morgan fingerprint density at radius 2 is 1.81 bits per heavy atom. The Balaban J connectivity index is 1.52. The van der Waals surface area contributed by atoms with E-state index < -0.39 is 6.61 Å². The molecule has 3 aromatic rings. The summed E-state index contributed by atoms with van der Waals surface area (Å²) in [6.45, 7) is -0.489. The number of thiophene rings is 1. The lowest BCUT2D eigenvalue weighted by molar-refractivity contribution is 0.0702. The van der Waals surface area contributed by atoms with Crippen LogP contribution in [0.5, 0.6) is 0 Å². The summed E-state index contributed by atoms with van der Waals surface area (Å²) in [5.74, 6) is -0.206. The number of carbonyl (C=O) groups excluding carboxylic acids is 2. The molecule has 1 fully saturated rings. The maximum atomic E-state index is 13.3. The molecule has 2 aliphatic heterocycles. The minimum atomic E-state index is -0.489. The van der Waals surface area contributed by atoms with Crippen molar-refractivity contribution >= 4 is 33.1 Å². The summed E-state index contributed by atoms with van der Waals surface area (Å²) in [5, 5.41) is 10.2. The predicted molar refractivity (Wildman–Crippen MR) is 101 cm³/mol. The lowest BCUT2D eigenvalue weighted by Gasteiger charge is -2.21. The van der Waals surface area contributed by atoms with E-state index in [2.05, 4.69) is 0 Å². The summed E-state index contributed by atoms with van der Waals surface area (Å²) in [5.41, 5.74) is 2.73. The van der Waals surface area contributed by atoms with Crippen LogP contribution in [-0.4, -0.2) is 28.3 Å². The van der Waals surface area contributed by atoms with E-state index in [1.807, 2.05) is 47.4 Å². The Hall–Kier alpha value is -2.50. The number of rotatable bonds is 3. The van der Waals surface area contributed by atoms with Crippen LogP contribution in [0.4, 0.5) is 0 Å². The number of aliphatic hydroxyl groups is 1. The highest BCUT2D eigenvalue weighted by atomic mass is 32.1. The van der Waals surface area contributed by atoms with Gasteiger partial charge in [0.05, 0.1) is 17.0 Å². The second kappa shape index (κ2) is 5.76. The molecule has 3 heterocycles. The Bertz CT molecular complexity index is 1020. The zero-order chi connectivity index (χ0) is 17.8. The van der Waals surface area contributed by atoms with E-state index in [4.69, 9.17) is 5.11 Å². The molecule has 0 aliphatic carbocycles. The van der Waals surface area contributed by atoms with Gasteiger partial charge in [-0.2, -0.15) is 0 Å². The first kappa shape index (κ1) is 15.7. The number of aliphatic hydroxyl groups excluding tert-OH is 1. The monoisotopic (exact) mass is 363 g/mol. The average molecular weight is 363 g/mol. The van der Waals surface area contributed by atoms with Crippen molar-refractivity contribution in [3.05, 3.63) is 70.1 Å². The molecule has 2 bridgehead atoms. The van der Waals surface area contributed by atoms with Crippen molar-refractivity contribution in [2.45, 2.75) is 24.9 Å². The fourth-order valence-electron chi connectivity index (χ4n) is 4.35. The van der Waals surface area contributed by atoms with Crippen molar-refractivity contribution in [1.29, 1.82) is 0 Å². The Morgan fingerprint density at radius 3 is 2.58 bits per heavy atom. The maximum absolute atomic E-state index is 13.3. The van der Waals surface area contributed by atoms with Gasteiger partial charge < -0.3 is 10.0 Å². The largest absolute Gasteiger partial charge is 0.388 e. The molecule has 130 valence electrons. The molecule has 1 N–H and O–H groups in total. The summed E-state index contributed by atoms with van der Waals surface area (Å²) in [7, 11) is 0. The van der Waals surface area contributed by atoms with Crippen LogP contribution < -0.4 is 0 Å². The number of amides is 1. The smallest absolute Gasteiger partial charge is 0.264 e. The molecule has 0 radical (unpaired) electrons. The van der Waals surface area contributed by atoms with E-state index in [-0.39, 0.29) is 23.8 Å². The van der Waals surface area contributed by atoms with Crippen LogP contribution in [0.1, 0.15) is 56.1 Å². The first-order valence-electron chi connectivity index (χ1n) is 8.76. The minimum Gasteiger partial charge on any atom is -0.388 e. The van der Waals surface area contributed by atoms with Gasteiger partial charge in [0.25, 0.3) is 5.91 Å². The quantitative estimate of drug-likeness (QED) is 0.713. The normalized spacial score (nSPS) is 20.6. The maximum Gasteiger partial charge on any atom is 0.264 e. The molecule has 2 atom stereocenters. The molecule has 1 saturated heterocycles. The molecule has 26 heavy (non-hydrogen) atoms. The van der Waals surface area contributed by atoms with Crippen molar-refractivity contribution < 1.29 is 14.7 Å². The van der Waals surface area contributed by atoms with E-state index in [9.17, 15) is 9.59 Å². The van der Waals surface area contributed by atoms with Crippen molar-refractivity contribution in [1.82, 2.24) is 4.90 Å². The van der Waals surface area contributed by atoms with E-state index >= 15 is 0 Å². The third-order valence-electron chi connectivity index (χ3n) is 5.53. The minimum absolute atomic E-state index is 0.0270. The van der Waals surface area contributed by atoms with Crippen molar-refractivity contribution in [3.63, 3.8) is 0 Å². The number of benzene rings is 2. The van der Waals surface area contributed by atoms with Gasteiger partial charge in [0, 0.05) is 10.3 Å². The fourth-order valence-corrected chi connectivity index (χ4v) is 5.36. The van der Waals surface area contributed by atoms with Crippen LogP contribution >= 0.6 is 11.3 Å². The molecule has 2 aromatic carbocycles. The third-order valence-corrected chi connectivity index (χ3v) is 6.63. The SMILES string of the molecule is O=C(CO)c1ccc2c(c1)C1CCC2N1C(=O)c1cc2ccccc2s1.